The van der Waals surface area contributed by atoms with Crippen LogP contribution < -0.4 is 16.2 Å². The highest BCUT2D eigenvalue weighted by molar-refractivity contribution is 5.47. The largest absolute Gasteiger partial charge is 0.378 e. The Balaban J connectivity index is 2.99. The molecule has 0 aliphatic carbocycles. The van der Waals surface area contributed by atoms with Crippen molar-refractivity contribution in [1.82, 2.24) is 5.43 Å². The molecule has 1 atom stereocenters. The van der Waals surface area contributed by atoms with Crippen LogP contribution in [0.25, 0.3) is 0 Å². The average molecular weight is 235 g/mol. The summed E-state index contributed by atoms with van der Waals surface area (Å²) in [5.74, 6) is 6.30. The predicted octanol–water partition coefficient (Wildman–Crippen LogP) is 2.69. The molecule has 0 saturated carbocycles. The van der Waals surface area contributed by atoms with Crippen molar-refractivity contribution in [3.8, 4) is 0 Å². The van der Waals surface area contributed by atoms with Gasteiger partial charge in [0, 0.05) is 25.8 Å². The average Bonchev–Trinajstić information content (AvgIpc) is 2.35. The Labute approximate surface area is 105 Å². The molecule has 0 aliphatic heterocycles. The molecule has 1 aromatic rings. The third kappa shape index (κ3) is 3.45. The fourth-order valence-corrected chi connectivity index (χ4v) is 2.26. The second-order valence-corrected chi connectivity index (χ2v) is 4.71. The molecule has 0 amide bonds. The van der Waals surface area contributed by atoms with Gasteiger partial charge in [0.15, 0.2) is 0 Å². The van der Waals surface area contributed by atoms with Crippen molar-refractivity contribution >= 4 is 5.69 Å². The van der Waals surface area contributed by atoms with Crippen molar-refractivity contribution in [3.63, 3.8) is 0 Å². The molecule has 0 heterocycles. The summed E-state index contributed by atoms with van der Waals surface area (Å²) in [6, 6.07) is 8.81. The van der Waals surface area contributed by atoms with Crippen molar-refractivity contribution in [2.75, 3.05) is 19.0 Å². The highest BCUT2D eigenvalue weighted by Gasteiger charge is 2.19. The van der Waals surface area contributed by atoms with Crippen LogP contribution in [-0.4, -0.2) is 14.1 Å². The van der Waals surface area contributed by atoms with Crippen LogP contribution in [0, 0.1) is 5.92 Å². The second kappa shape index (κ2) is 6.62. The first-order valence-corrected chi connectivity index (χ1v) is 6.37. The van der Waals surface area contributed by atoms with E-state index in [1.54, 1.807) is 0 Å². The number of hydrogen-bond acceptors (Lipinski definition) is 3. The molecule has 1 aromatic carbocycles. The minimum Gasteiger partial charge on any atom is -0.378 e. The van der Waals surface area contributed by atoms with E-state index in [9.17, 15) is 0 Å². The first-order valence-electron chi connectivity index (χ1n) is 6.37. The minimum absolute atomic E-state index is 0.241. The summed E-state index contributed by atoms with van der Waals surface area (Å²) in [6.07, 6.45) is 2.27. The summed E-state index contributed by atoms with van der Waals surface area (Å²) < 4.78 is 0. The first-order chi connectivity index (χ1) is 8.13. The van der Waals surface area contributed by atoms with Gasteiger partial charge in [0.2, 0.25) is 0 Å². The summed E-state index contributed by atoms with van der Waals surface area (Å²) >= 11 is 0. The Kier molecular flexibility index (Phi) is 5.45. The lowest BCUT2D eigenvalue weighted by atomic mass is 9.89. The molecule has 3 nitrogen and oxygen atoms in total. The zero-order chi connectivity index (χ0) is 12.8. The van der Waals surface area contributed by atoms with Gasteiger partial charge in [0.25, 0.3) is 0 Å². The summed E-state index contributed by atoms with van der Waals surface area (Å²) in [6.45, 7) is 4.43. The van der Waals surface area contributed by atoms with Crippen molar-refractivity contribution in [2.45, 2.75) is 32.7 Å². The molecule has 0 spiro atoms. The zero-order valence-corrected chi connectivity index (χ0v) is 11.4. The normalized spacial score (nSPS) is 12.8. The number of anilines is 1. The van der Waals surface area contributed by atoms with E-state index in [2.05, 4.69) is 62.5 Å². The molecule has 1 unspecified atom stereocenters. The molecule has 0 aromatic heterocycles. The van der Waals surface area contributed by atoms with Crippen LogP contribution in [-0.2, 0) is 0 Å². The van der Waals surface area contributed by atoms with E-state index in [0.717, 1.165) is 12.8 Å². The molecule has 1 rings (SSSR count). The van der Waals surface area contributed by atoms with E-state index in [1.165, 1.54) is 11.3 Å². The maximum Gasteiger partial charge on any atom is 0.0488 e. The van der Waals surface area contributed by atoms with Crippen LogP contribution in [0.4, 0.5) is 5.69 Å². The smallest absolute Gasteiger partial charge is 0.0488 e. The first kappa shape index (κ1) is 14.0. The van der Waals surface area contributed by atoms with Crippen LogP contribution in [0.1, 0.15) is 38.3 Å². The van der Waals surface area contributed by atoms with E-state index in [0.29, 0.717) is 5.92 Å². The topological polar surface area (TPSA) is 41.3 Å². The highest BCUT2D eigenvalue weighted by Crippen LogP contribution is 2.28. The summed E-state index contributed by atoms with van der Waals surface area (Å²) in [4.78, 5) is 2.12. The fourth-order valence-electron chi connectivity index (χ4n) is 2.26. The molecule has 0 fully saturated rings. The summed E-state index contributed by atoms with van der Waals surface area (Å²) in [5.41, 5.74) is 5.46. The fraction of sp³-hybridized carbons (Fsp3) is 0.571. The van der Waals surface area contributed by atoms with Crippen LogP contribution in [0.5, 0.6) is 0 Å². The Morgan fingerprint density at radius 3 is 2.35 bits per heavy atom. The number of hydrogen-bond donors (Lipinski definition) is 2. The Morgan fingerprint density at radius 2 is 1.88 bits per heavy atom. The Bertz CT molecular complexity index is 332. The molecular formula is C14H25N3. The van der Waals surface area contributed by atoms with Gasteiger partial charge in [-0.2, -0.15) is 0 Å². The Morgan fingerprint density at radius 1 is 1.24 bits per heavy atom. The van der Waals surface area contributed by atoms with Crippen molar-refractivity contribution < 1.29 is 0 Å². The van der Waals surface area contributed by atoms with Gasteiger partial charge in [-0.15, -0.1) is 0 Å². The maximum absolute atomic E-state index is 5.72. The van der Waals surface area contributed by atoms with Gasteiger partial charge < -0.3 is 4.90 Å². The van der Waals surface area contributed by atoms with Gasteiger partial charge in [-0.3, -0.25) is 11.3 Å². The second-order valence-electron chi connectivity index (χ2n) is 4.71. The Hall–Kier alpha value is -1.06. The highest BCUT2D eigenvalue weighted by atomic mass is 15.2. The van der Waals surface area contributed by atoms with Crippen LogP contribution in [0.2, 0.25) is 0 Å². The van der Waals surface area contributed by atoms with Gasteiger partial charge in [-0.25, -0.2) is 0 Å². The maximum atomic E-state index is 5.72. The number of rotatable bonds is 6. The van der Waals surface area contributed by atoms with Gasteiger partial charge >= 0.3 is 0 Å². The SMILES string of the molecule is CCC(CC)C(NN)c1cccc(N(C)C)c1. The molecule has 3 N–H and O–H groups in total. The third-order valence-corrected chi connectivity index (χ3v) is 3.45. The number of hydrazine groups is 1. The van der Waals surface area contributed by atoms with E-state index in [4.69, 9.17) is 5.84 Å². The number of nitrogens with zero attached hydrogens (tertiary/aromatic N) is 1. The standard InChI is InChI=1S/C14H25N3/c1-5-11(6-2)14(16-15)12-8-7-9-13(10-12)17(3)4/h7-11,14,16H,5-6,15H2,1-4H3. The molecule has 0 aliphatic rings. The number of nitrogens with two attached hydrogens (primary N) is 1. The summed E-state index contributed by atoms with van der Waals surface area (Å²) in [5, 5.41) is 0. The number of nitrogens with one attached hydrogen (secondary N) is 1. The van der Waals surface area contributed by atoms with Crippen molar-refractivity contribution in [3.05, 3.63) is 29.8 Å². The van der Waals surface area contributed by atoms with Crippen LogP contribution in [0.15, 0.2) is 24.3 Å². The van der Waals surface area contributed by atoms with E-state index >= 15 is 0 Å². The minimum atomic E-state index is 0.241. The van der Waals surface area contributed by atoms with Crippen LogP contribution >= 0.6 is 0 Å². The van der Waals surface area contributed by atoms with Gasteiger partial charge in [0.1, 0.15) is 0 Å². The van der Waals surface area contributed by atoms with E-state index in [1.807, 2.05) is 0 Å². The van der Waals surface area contributed by atoms with Gasteiger partial charge in [0.05, 0.1) is 0 Å². The lowest BCUT2D eigenvalue weighted by molar-refractivity contribution is 0.345. The number of benzene rings is 1. The molecule has 17 heavy (non-hydrogen) atoms. The monoisotopic (exact) mass is 235 g/mol. The van der Waals surface area contributed by atoms with Crippen molar-refractivity contribution in [1.29, 1.82) is 0 Å². The summed E-state index contributed by atoms with van der Waals surface area (Å²) in [7, 11) is 4.11. The van der Waals surface area contributed by atoms with Gasteiger partial charge in [-0.1, -0.05) is 38.8 Å². The third-order valence-electron chi connectivity index (χ3n) is 3.45. The van der Waals surface area contributed by atoms with Crippen LogP contribution in [0.3, 0.4) is 0 Å². The quantitative estimate of drug-likeness (QED) is 0.588. The lowest BCUT2D eigenvalue weighted by Gasteiger charge is -2.26. The van der Waals surface area contributed by atoms with Crippen molar-refractivity contribution in [2.24, 2.45) is 11.8 Å². The van der Waals surface area contributed by atoms with Gasteiger partial charge in [-0.05, 0) is 23.6 Å². The van der Waals surface area contributed by atoms with E-state index < -0.39 is 0 Å². The molecule has 0 radical (unpaired) electrons. The predicted molar refractivity (Wildman–Crippen MR) is 74.9 cm³/mol. The molecule has 0 bridgehead atoms. The zero-order valence-electron chi connectivity index (χ0n) is 11.4. The molecule has 0 saturated heterocycles. The molecular weight excluding hydrogens is 210 g/mol. The molecule has 96 valence electrons. The molecule has 3 heteroatoms. The van der Waals surface area contributed by atoms with E-state index in [-0.39, 0.29) is 6.04 Å². The lowest BCUT2D eigenvalue weighted by Crippen LogP contribution is -2.33.